The number of carbonyl (C=O) groups is 2. The van der Waals surface area contributed by atoms with Crippen LogP contribution in [0.2, 0.25) is 0 Å². The molecule has 5 rings (SSSR count). The Bertz CT molecular complexity index is 1610. The van der Waals surface area contributed by atoms with E-state index in [1.807, 2.05) is 36.4 Å². The molecule has 0 saturated carbocycles. The second-order valence-corrected chi connectivity index (χ2v) is 9.41. The zero-order valence-corrected chi connectivity index (χ0v) is 23.4. The molecule has 0 radical (unpaired) electrons. The molecule has 0 amide bonds. The van der Waals surface area contributed by atoms with Crippen molar-refractivity contribution in [3.05, 3.63) is 119 Å². The van der Waals surface area contributed by atoms with Crippen molar-refractivity contribution in [2.75, 3.05) is 14.2 Å². The van der Waals surface area contributed by atoms with E-state index in [0.717, 1.165) is 11.1 Å². The van der Waals surface area contributed by atoms with Gasteiger partial charge in [-0.1, -0.05) is 60.7 Å². The minimum Gasteiger partial charge on any atom is -0.504 e. The van der Waals surface area contributed by atoms with E-state index < -0.39 is 11.9 Å². The second kappa shape index (κ2) is 12.9. The number of methoxy groups -OCH3 is 2. The maximum atomic E-state index is 13.8. The van der Waals surface area contributed by atoms with Crippen molar-refractivity contribution in [2.24, 2.45) is 0 Å². The van der Waals surface area contributed by atoms with Crippen LogP contribution in [0, 0.1) is 0 Å². The molecule has 0 aliphatic heterocycles. The Morgan fingerprint density at radius 3 is 1.37 bits per heavy atom. The number of ether oxygens (including phenoxy) is 4. The van der Waals surface area contributed by atoms with Crippen molar-refractivity contribution in [1.82, 2.24) is 0 Å². The average molecular weight is 581 g/mol. The van der Waals surface area contributed by atoms with Crippen LogP contribution in [0.25, 0.3) is 22.6 Å². The van der Waals surface area contributed by atoms with Crippen molar-refractivity contribution in [1.29, 1.82) is 0 Å². The van der Waals surface area contributed by atoms with Crippen LogP contribution in [0.5, 0.6) is 23.0 Å². The number of hydrogen-bond donors (Lipinski definition) is 2. The molecule has 5 aromatic rings. The van der Waals surface area contributed by atoms with Gasteiger partial charge >= 0.3 is 11.9 Å². The van der Waals surface area contributed by atoms with Gasteiger partial charge in [-0.25, -0.2) is 9.59 Å². The second-order valence-electron chi connectivity index (χ2n) is 9.41. The summed E-state index contributed by atoms with van der Waals surface area (Å²) in [6, 6.07) is 26.9. The molecule has 0 aliphatic rings. The third-order valence-electron chi connectivity index (χ3n) is 6.63. The standard InChI is InChI=1S/C34H28O9/c1-39-27-17-23(13-15-25(27)35)31-29(33(37)41-19-21-9-5-3-6-10-21)30(34(38)42-20-22-11-7-4-8-12-22)32(43-31)24-14-16-26(36)28(18-24)40-2/h3-18,35-36H,19-20H2,1-2H3. The Morgan fingerprint density at radius 1 is 0.605 bits per heavy atom. The lowest BCUT2D eigenvalue weighted by Gasteiger charge is -2.10. The van der Waals surface area contributed by atoms with E-state index in [1.54, 1.807) is 24.3 Å². The minimum absolute atomic E-state index is 0.00920. The van der Waals surface area contributed by atoms with E-state index in [2.05, 4.69) is 0 Å². The lowest BCUT2D eigenvalue weighted by Crippen LogP contribution is -2.14. The molecule has 43 heavy (non-hydrogen) atoms. The van der Waals surface area contributed by atoms with Gasteiger partial charge < -0.3 is 33.6 Å². The molecule has 0 atom stereocenters. The lowest BCUT2D eigenvalue weighted by atomic mass is 10.0. The zero-order chi connectivity index (χ0) is 30.3. The molecular formula is C34H28O9. The van der Waals surface area contributed by atoms with Gasteiger partial charge in [0.1, 0.15) is 35.9 Å². The maximum Gasteiger partial charge on any atom is 0.343 e. The van der Waals surface area contributed by atoms with E-state index in [4.69, 9.17) is 23.4 Å². The molecule has 218 valence electrons. The van der Waals surface area contributed by atoms with Crippen molar-refractivity contribution >= 4 is 11.9 Å². The van der Waals surface area contributed by atoms with Crippen molar-refractivity contribution < 1.29 is 43.2 Å². The molecule has 0 unspecified atom stereocenters. The van der Waals surface area contributed by atoms with Gasteiger partial charge in [0.15, 0.2) is 23.0 Å². The van der Waals surface area contributed by atoms with Gasteiger partial charge in [-0.3, -0.25) is 0 Å². The van der Waals surface area contributed by atoms with E-state index in [-0.39, 0.29) is 58.9 Å². The lowest BCUT2D eigenvalue weighted by molar-refractivity contribution is 0.0428. The Morgan fingerprint density at radius 2 is 1.00 bits per heavy atom. The van der Waals surface area contributed by atoms with Crippen molar-refractivity contribution in [3.63, 3.8) is 0 Å². The summed E-state index contributed by atoms with van der Waals surface area (Å²) < 4.78 is 28.1. The third kappa shape index (κ3) is 6.31. The smallest absolute Gasteiger partial charge is 0.343 e. The van der Waals surface area contributed by atoms with Crippen LogP contribution in [-0.4, -0.2) is 36.4 Å². The fraction of sp³-hybridized carbons (Fsp3) is 0.118. The SMILES string of the molecule is COc1cc(-c2oc(-c3ccc(O)c(OC)c3)c(C(=O)OCc3ccccc3)c2C(=O)OCc2ccccc2)ccc1O. The molecule has 9 heteroatoms. The summed E-state index contributed by atoms with van der Waals surface area (Å²) >= 11 is 0. The van der Waals surface area contributed by atoms with Crippen molar-refractivity contribution in [2.45, 2.75) is 13.2 Å². The first-order chi connectivity index (χ1) is 20.9. The van der Waals surface area contributed by atoms with Gasteiger partial charge in [-0.2, -0.15) is 0 Å². The van der Waals surface area contributed by atoms with Crippen LogP contribution < -0.4 is 9.47 Å². The van der Waals surface area contributed by atoms with E-state index in [0.29, 0.717) is 11.1 Å². The molecule has 2 N–H and O–H groups in total. The number of aromatic hydroxyl groups is 2. The largest absolute Gasteiger partial charge is 0.504 e. The first-order valence-corrected chi connectivity index (χ1v) is 13.2. The van der Waals surface area contributed by atoms with Gasteiger partial charge in [-0.15, -0.1) is 0 Å². The summed E-state index contributed by atoms with van der Waals surface area (Å²) in [6.45, 7) is -0.131. The van der Waals surface area contributed by atoms with Gasteiger partial charge in [-0.05, 0) is 47.5 Å². The predicted molar refractivity (Wildman–Crippen MR) is 157 cm³/mol. The monoisotopic (exact) mass is 580 g/mol. The number of furan rings is 1. The summed E-state index contributed by atoms with van der Waals surface area (Å²) in [4.78, 5) is 27.6. The molecule has 1 heterocycles. The highest BCUT2D eigenvalue weighted by molar-refractivity contribution is 6.11. The number of carbonyl (C=O) groups excluding carboxylic acids is 2. The minimum atomic E-state index is -0.835. The third-order valence-corrected chi connectivity index (χ3v) is 6.63. The molecule has 0 fully saturated rings. The highest BCUT2D eigenvalue weighted by Gasteiger charge is 2.34. The number of rotatable bonds is 10. The van der Waals surface area contributed by atoms with Gasteiger partial charge in [0.25, 0.3) is 0 Å². The van der Waals surface area contributed by atoms with Gasteiger partial charge in [0.05, 0.1) is 14.2 Å². The Kier molecular flexibility index (Phi) is 8.62. The number of hydrogen-bond acceptors (Lipinski definition) is 9. The summed E-state index contributed by atoms with van der Waals surface area (Å²) in [5.41, 5.74) is 1.78. The quantitative estimate of drug-likeness (QED) is 0.172. The van der Waals surface area contributed by atoms with E-state index >= 15 is 0 Å². The van der Waals surface area contributed by atoms with E-state index in [9.17, 15) is 19.8 Å². The number of phenols is 2. The Balaban J connectivity index is 1.68. The zero-order valence-electron chi connectivity index (χ0n) is 23.4. The van der Waals surface area contributed by atoms with Crippen LogP contribution in [0.3, 0.4) is 0 Å². The van der Waals surface area contributed by atoms with Crippen LogP contribution in [0.15, 0.2) is 101 Å². The van der Waals surface area contributed by atoms with Crippen LogP contribution in [0.4, 0.5) is 0 Å². The predicted octanol–water partition coefficient (Wildman–Crippen LogP) is 6.76. The molecule has 0 bridgehead atoms. The van der Waals surface area contributed by atoms with Crippen LogP contribution >= 0.6 is 0 Å². The molecule has 4 aromatic carbocycles. The molecule has 0 saturated heterocycles. The first-order valence-electron chi connectivity index (χ1n) is 13.2. The highest BCUT2D eigenvalue weighted by Crippen LogP contribution is 2.42. The molecule has 0 spiro atoms. The van der Waals surface area contributed by atoms with Gasteiger partial charge in [0.2, 0.25) is 0 Å². The summed E-state index contributed by atoms with van der Waals surface area (Å²) in [7, 11) is 2.77. The summed E-state index contributed by atoms with van der Waals surface area (Å²) in [5.74, 6) is -1.70. The maximum absolute atomic E-state index is 13.8. The van der Waals surface area contributed by atoms with Crippen LogP contribution in [-0.2, 0) is 22.7 Å². The summed E-state index contributed by atoms with van der Waals surface area (Å²) in [5, 5.41) is 20.4. The number of benzene rings is 4. The Labute approximate surface area is 247 Å². The molecule has 1 aromatic heterocycles. The Hall–Kier alpha value is -5.70. The number of phenolic OH excluding ortho intramolecular Hbond substituents is 2. The summed E-state index contributed by atoms with van der Waals surface area (Å²) in [6.07, 6.45) is 0. The van der Waals surface area contributed by atoms with E-state index in [1.165, 1.54) is 50.6 Å². The fourth-order valence-electron chi connectivity index (χ4n) is 4.46. The average Bonchev–Trinajstić information content (AvgIpc) is 3.45. The highest BCUT2D eigenvalue weighted by atomic mass is 16.5. The van der Waals surface area contributed by atoms with Crippen LogP contribution in [0.1, 0.15) is 31.8 Å². The molecule has 0 aliphatic carbocycles. The molecular weight excluding hydrogens is 552 g/mol. The normalized spacial score (nSPS) is 10.7. The molecule has 9 nitrogen and oxygen atoms in total. The number of esters is 2. The van der Waals surface area contributed by atoms with Crippen molar-refractivity contribution in [3.8, 4) is 45.6 Å². The first kappa shape index (κ1) is 28.8. The topological polar surface area (TPSA) is 125 Å². The fourth-order valence-corrected chi connectivity index (χ4v) is 4.46. The van der Waals surface area contributed by atoms with Gasteiger partial charge in [0, 0.05) is 11.1 Å².